The minimum Gasteiger partial charge on any atom is -0.208 e. The van der Waals surface area contributed by atoms with Gasteiger partial charge in [0.25, 0.3) is 0 Å². The van der Waals surface area contributed by atoms with E-state index >= 15 is 0 Å². The maximum absolute atomic E-state index is 5.11. The number of nitrogens with zero attached hydrogens (tertiary/aromatic N) is 3. The summed E-state index contributed by atoms with van der Waals surface area (Å²) in [5.74, 6) is 2.02. The van der Waals surface area contributed by atoms with Gasteiger partial charge in [0, 0.05) is 42.3 Å². The predicted molar refractivity (Wildman–Crippen MR) is 192 cm³/mol. The Bertz CT molecular complexity index is 2380. The molecule has 1 aliphatic carbocycles. The van der Waals surface area contributed by atoms with Gasteiger partial charge in [-0.15, -0.1) is 11.3 Å². The summed E-state index contributed by atoms with van der Waals surface area (Å²) < 4.78 is 2.50. The second kappa shape index (κ2) is 10.3. The fourth-order valence-corrected chi connectivity index (χ4v) is 8.31. The van der Waals surface area contributed by atoms with Gasteiger partial charge < -0.3 is 0 Å². The average Bonchev–Trinajstić information content (AvgIpc) is 3.61. The number of aromatic nitrogens is 3. The summed E-state index contributed by atoms with van der Waals surface area (Å²) in [7, 11) is 0. The lowest BCUT2D eigenvalue weighted by molar-refractivity contribution is 0.660. The van der Waals surface area contributed by atoms with Crippen molar-refractivity contribution in [1.29, 1.82) is 0 Å². The van der Waals surface area contributed by atoms with Crippen LogP contribution in [-0.2, 0) is 5.41 Å². The molecule has 0 spiro atoms. The van der Waals surface area contributed by atoms with Gasteiger partial charge in [-0.2, -0.15) is 0 Å². The van der Waals surface area contributed by atoms with Crippen molar-refractivity contribution in [2.24, 2.45) is 0 Å². The average molecular weight is 608 g/mol. The maximum atomic E-state index is 5.11. The number of hydrogen-bond donors (Lipinski definition) is 0. The van der Waals surface area contributed by atoms with Crippen LogP contribution in [0.1, 0.15) is 25.0 Å². The van der Waals surface area contributed by atoms with E-state index < -0.39 is 0 Å². The monoisotopic (exact) mass is 607 g/mol. The molecule has 4 heteroatoms. The van der Waals surface area contributed by atoms with E-state index in [-0.39, 0.29) is 5.41 Å². The van der Waals surface area contributed by atoms with Crippen LogP contribution in [0.3, 0.4) is 0 Å². The standard InChI is InChI=1S/C42H29N3S/c1-42(2)34-19-11-9-17-30(34)31-22-21-28(25-35(31)42)29-23-24-33(37-32-18-10-12-20-36(32)46-38(29)37)41-44-39(26-13-5-3-6-14-26)43-40(45-41)27-15-7-4-8-16-27/h3-25H,1-2H3. The van der Waals surface area contributed by atoms with E-state index in [4.69, 9.17) is 15.0 Å². The van der Waals surface area contributed by atoms with Crippen LogP contribution in [-0.4, -0.2) is 15.0 Å². The summed E-state index contributed by atoms with van der Waals surface area (Å²) in [6.07, 6.45) is 0. The molecule has 2 heterocycles. The summed E-state index contributed by atoms with van der Waals surface area (Å²) in [4.78, 5) is 15.2. The molecule has 0 unspecified atom stereocenters. The first-order chi connectivity index (χ1) is 22.6. The van der Waals surface area contributed by atoms with Gasteiger partial charge in [0.2, 0.25) is 0 Å². The van der Waals surface area contributed by atoms with Crippen molar-refractivity contribution in [1.82, 2.24) is 15.0 Å². The first-order valence-electron chi connectivity index (χ1n) is 15.6. The Balaban J connectivity index is 1.28. The van der Waals surface area contributed by atoms with Crippen molar-refractivity contribution >= 4 is 31.5 Å². The molecule has 8 aromatic rings. The van der Waals surface area contributed by atoms with Gasteiger partial charge in [-0.05, 0) is 51.6 Å². The van der Waals surface area contributed by atoms with Gasteiger partial charge in [-0.3, -0.25) is 0 Å². The fourth-order valence-electron chi connectivity index (χ4n) is 7.04. The Morgan fingerprint density at radius 3 is 1.76 bits per heavy atom. The first kappa shape index (κ1) is 26.9. The van der Waals surface area contributed by atoms with E-state index in [1.165, 1.54) is 53.6 Å². The molecule has 2 aromatic heterocycles. The molecule has 6 aromatic carbocycles. The Hall–Kier alpha value is -5.45. The topological polar surface area (TPSA) is 38.7 Å². The molecule has 0 saturated carbocycles. The largest absolute Gasteiger partial charge is 0.208 e. The minimum absolute atomic E-state index is 0.0618. The van der Waals surface area contributed by atoms with Gasteiger partial charge in [-0.25, -0.2) is 15.0 Å². The fraction of sp³-hybridized carbons (Fsp3) is 0.0714. The molecule has 0 N–H and O–H groups in total. The van der Waals surface area contributed by atoms with E-state index in [2.05, 4.69) is 117 Å². The normalized spacial score (nSPS) is 13.2. The third-order valence-electron chi connectivity index (χ3n) is 9.36. The summed E-state index contributed by atoms with van der Waals surface area (Å²) in [6, 6.07) is 49.4. The lowest BCUT2D eigenvalue weighted by Gasteiger charge is -2.22. The molecule has 0 saturated heterocycles. The van der Waals surface area contributed by atoms with E-state index in [0.717, 1.165) is 16.7 Å². The quantitative estimate of drug-likeness (QED) is 0.200. The molecule has 218 valence electrons. The second-order valence-electron chi connectivity index (χ2n) is 12.4. The molecule has 46 heavy (non-hydrogen) atoms. The zero-order valence-electron chi connectivity index (χ0n) is 25.5. The number of fused-ring (bicyclic) bond motifs is 6. The van der Waals surface area contributed by atoms with E-state index in [1.54, 1.807) is 0 Å². The molecule has 0 radical (unpaired) electrons. The van der Waals surface area contributed by atoms with Crippen LogP contribution in [0.15, 0.2) is 140 Å². The third kappa shape index (κ3) is 4.14. The Labute approximate surface area is 271 Å². The molecule has 9 rings (SSSR count). The number of rotatable bonds is 4. The van der Waals surface area contributed by atoms with E-state index in [9.17, 15) is 0 Å². The highest BCUT2D eigenvalue weighted by atomic mass is 32.1. The van der Waals surface area contributed by atoms with Gasteiger partial charge in [0.05, 0.1) is 0 Å². The van der Waals surface area contributed by atoms with Crippen molar-refractivity contribution in [3.8, 4) is 56.4 Å². The molecular formula is C42H29N3S. The zero-order valence-corrected chi connectivity index (χ0v) is 26.3. The highest BCUT2D eigenvalue weighted by Gasteiger charge is 2.35. The zero-order chi connectivity index (χ0) is 30.8. The van der Waals surface area contributed by atoms with Crippen LogP contribution in [0.2, 0.25) is 0 Å². The van der Waals surface area contributed by atoms with Gasteiger partial charge in [0.1, 0.15) is 0 Å². The van der Waals surface area contributed by atoms with Crippen molar-refractivity contribution in [2.75, 3.05) is 0 Å². The number of hydrogen-bond acceptors (Lipinski definition) is 4. The summed E-state index contributed by atoms with van der Waals surface area (Å²) in [5.41, 5.74) is 10.8. The smallest absolute Gasteiger partial charge is 0.164 e. The Kier molecular flexibility index (Phi) is 6.02. The van der Waals surface area contributed by atoms with Crippen molar-refractivity contribution in [3.63, 3.8) is 0 Å². The van der Waals surface area contributed by atoms with E-state index in [1.807, 2.05) is 47.7 Å². The molecule has 0 aliphatic heterocycles. The van der Waals surface area contributed by atoms with Crippen LogP contribution in [0, 0.1) is 0 Å². The van der Waals surface area contributed by atoms with Gasteiger partial charge in [-0.1, -0.05) is 135 Å². The number of benzene rings is 6. The summed E-state index contributed by atoms with van der Waals surface area (Å²) in [6.45, 7) is 4.68. The van der Waals surface area contributed by atoms with Crippen molar-refractivity contribution < 1.29 is 0 Å². The molecule has 0 amide bonds. The van der Waals surface area contributed by atoms with E-state index in [0.29, 0.717) is 17.5 Å². The van der Waals surface area contributed by atoms with Gasteiger partial charge in [0.15, 0.2) is 17.5 Å². The molecule has 3 nitrogen and oxygen atoms in total. The first-order valence-corrected chi connectivity index (χ1v) is 16.4. The predicted octanol–water partition coefficient (Wildman–Crippen LogP) is 11.2. The van der Waals surface area contributed by atoms with Crippen LogP contribution in [0.5, 0.6) is 0 Å². The van der Waals surface area contributed by atoms with Crippen LogP contribution in [0.25, 0.3) is 76.6 Å². The summed E-state index contributed by atoms with van der Waals surface area (Å²) >= 11 is 1.84. The summed E-state index contributed by atoms with van der Waals surface area (Å²) in [5, 5.41) is 2.40. The van der Waals surface area contributed by atoms with Crippen molar-refractivity contribution in [2.45, 2.75) is 19.3 Å². The van der Waals surface area contributed by atoms with Crippen LogP contribution >= 0.6 is 11.3 Å². The Morgan fingerprint density at radius 1 is 0.457 bits per heavy atom. The highest BCUT2D eigenvalue weighted by Crippen LogP contribution is 2.51. The SMILES string of the molecule is CC1(C)c2ccccc2-c2ccc(-c3ccc(-c4nc(-c5ccccc5)nc(-c5ccccc5)n4)c4c3sc3ccccc34)cc21. The molecule has 0 bridgehead atoms. The maximum Gasteiger partial charge on any atom is 0.164 e. The lowest BCUT2D eigenvalue weighted by Crippen LogP contribution is -2.14. The lowest BCUT2D eigenvalue weighted by atomic mass is 9.81. The van der Waals surface area contributed by atoms with Crippen LogP contribution in [0.4, 0.5) is 0 Å². The molecule has 1 aliphatic rings. The molecular weight excluding hydrogens is 579 g/mol. The molecule has 0 fully saturated rings. The van der Waals surface area contributed by atoms with Crippen molar-refractivity contribution in [3.05, 3.63) is 151 Å². The van der Waals surface area contributed by atoms with Gasteiger partial charge >= 0.3 is 0 Å². The highest BCUT2D eigenvalue weighted by molar-refractivity contribution is 7.26. The minimum atomic E-state index is -0.0618. The molecule has 0 atom stereocenters. The third-order valence-corrected chi connectivity index (χ3v) is 10.6. The Morgan fingerprint density at radius 2 is 1.02 bits per heavy atom. The number of thiophene rings is 1. The van der Waals surface area contributed by atoms with Crippen LogP contribution < -0.4 is 0 Å². The second-order valence-corrected chi connectivity index (χ2v) is 13.5.